The number of thiazole rings is 2. The van der Waals surface area contributed by atoms with Crippen LogP contribution in [-0.4, -0.2) is 47.3 Å². The predicted octanol–water partition coefficient (Wildman–Crippen LogP) is 2.40. The van der Waals surface area contributed by atoms with Crippen molar-refractivity contribution >= 4 is 44.8 Å². The fourth-order valence-corrected chi connectivity index (χ4v) is 3.26. The average Bonchev–Trinajstić information content (AvgIpc) is 3.14. The van der Waals surface area contributed by atoms with Crippen LogP contribution in [0.25, 0.3) is 0 Å². The van der Waals surface area contributed by atoms with Crippen LogP contribution in [0, 0.1) is 0 Å². The molecule has 0 spiro atoms. The monoisotopic (exact) mass is 367 g/mol. The molecule has 0 aliphatic carbocycles. The average molecular weight is 368 g/mol. The fourth-order valence-electron chi connectivity index (χ4n) is 1.72. The van der Waals surface area contributed by atoms with Crippen LogP contribution in [0.15, 0.2) is 11.6 Å². The zero-order valence-electron chi connectivity index (χ0n) is 14.1. The van der Waals surface area contributed by atoms with E-state index in [0.29, 0.717) is 21.9 Å². The first kappa shape index (κ1) is 18.3. The minimum Gasteiger partial charge on any atom is -0.352 e. The highest BCUT2D eigenvalue weighted by atomic mass is 32.1. The van der Waals surface area contributed by atoms with Crippen molar-refractivity contribution in [1.29, 1.82) is 0 Å². The number of rotatable bonds is 7. The van der Waals surface area contributed by atoms with Gasteiger partial charge in [0.1, 0.15) is 0 Å². The summed E-state index contributed by atoms with van der Waals surface area (Å²) in [6.45, 7) is 4.36. The number of carbonyl (C=O) groups is 2. The lowest BCUT2D eigenvalue weighted by Crippen LogP contribution is -2.28. The summed E-state index contributed by atoms with van der Waals surface area (Å²) in [6.07, 6.45) is 1.97. The van der Waals surface area contributed by atoms with Crippen LogP contribution in [0.3, 0.4) is 0 Å². The van der Waals surface area contributed by atoms with Gasteiger partial charge in [-0.3, -0.25) is 9.59 Å². The molecule has 0 radical (unpaired) electrons. The van der Waals surface area contributed by atoms with Crippen LogP contribution in [0.1, 0.15) is 30.3 Å². The summed E-state index contributed by atoms with van der Waals surface area (Å²) in [4.78, 5) is 34.8. The molecule has 2 heterocycles. The molecule has 2 amide bonds. The molecule has 0 atom stereocenters. The van der Waals surface area contributed by atoms with Gasteiger partial charge >= 0.3 is 0 Å². The SMILES string of the molecule is CC(C)c1cnc(NC(=O)Cc2csc(NCC(=O)N(C)C)n2)s1. The molecule has 130 valence electrons. The van der Waals surface area contributed by atoms with Crippen molar-refractivity contribution in [3.8, 4) is 0 Å². The number of hydrogen-bond donors (Lipinski definition) is 2. The summed E-state index contributed by atoms with van der Waals surface area (Å²) in [5.74, 6) is 0.209. The molecule has 7 nitrogen and oxygen atoms in total. The van der Waals surface area contributed by atoms with Crippen molar-refractivity contribution in [3.05, 3.63) is 22.1 Å². The molecule has 9 heteroatoms. The minimum absolute atomic E-state index is 0.0331. The van der Waals surface area contributed by atoms with Crippen molar-refractivity contribution in [2.45, 2.75) is 26.2 Å². The number of anilines is 2. The van der Waals surface area contributed by atoms with Gasteiger partial charge in [0.25, 0.3) is 0 Å². The maximum Gasteiger partial charge on any atom is 0.241 e. The van der Waals surface area contributed by atoms with E-state index in [4.69, 9.17) is 0 Å². The summed E-state index contributed by atoms with van der Waals surface area (Å²) in [7, 11) is 3.40. The zero-order chi connectivity index (χ0) is 17.7. The van der Waals surface area contributed by atoms with Crippen molar-refractivity contribution in [3.63, 3.8) is 0 Å². The lowest BCUT2D eigenvalue weighted by Gasteiger charge is -2.09. The third-order valence-corrected chi connectivity index (χ3v) is 5.18. The third-order valence-electron chi connectivity index (χ3n) is 3.12. The maximum absolute atomic E-state index is 12.1. The first-order valence-corrected chi connectivity index (χ1v) is 9.18. The molecule has 0 unspecified atom stereocenters. The molecule has 0 fully saturated rings. The topological polar surface area (TPSA) is 87.2 Å². The van der Waals surface area contributed by atoms with E-state index in [0.717, 1.165) is 4.88 Å². The number of carbonyl (C=O) groups excluding carboxylic acids is 2. The van der Waals surface area contributed by atoms with E-state index in [-0.39, 0.29) is 24.8 Å². The number of nitrogens with zero attached hydrogens (tertiary/aromatic N) is 3. The Balaban J connectivity index is 1.84. The summed E-state index contributed by atoms with van der Waals surface area (Å²) >= 11 is 2.86. The van der Waals surface area contributed by atoms with Gasteiger partial charge in [-0.25, -0.2) is 9.97 Å². The molecule has 0 bridgehead atoms. The highest BCUT2D eigenvalue weighted by Gasteiger charge is 2.12. The summed E-state index contributed by atoms with van der Waals surface area (Å²) < 4.78 is 0. The number of amides is 2. The zero-order valence-corrected chi connectivity index (χ0v) is 15.8. The number of likely N-dealkylation sites (N-methyl/N-ethyl adjacent to an activating group) is 1. The lowest BCUT2D eigenvalue weighted by atomic mass is 10.2. The Morgan fingerprint density at radius 1 is 1.29 bits per heavy atom. The van der Waals surface area contributed by atoms with Crippen molar-refractivity contribution in [2.75, 3.05) is 31.3 Å². The van der Waals surface area contributed by atoms with Crippen molar-refractivity contribution in [2.24, 2.45) is 0 Å². The Morgan fingerprint density at radius 3 is 2.67 bits per heavy atom. The van der Waals surface area contributed by atoms with Gasteiger partial charge in [0.15, 0.2) is 10.3 Å². The fraction of sp³-hybridized carbons (Fsp3) is 0.467. The van der Waals surface area contributed by atoms with Gasteiger partial charge in [0, 0.05) is 30.5 Å². The van der Waals surface area contributed by atoms with E-state index in [1.54, 1.807) is 20.3 Å². The van der Waals surface area contributed by atoms with Gasteiger partial charge < -0.3 is 15.5 Å². The van der Waals surface area contributed by atoms with E-state index in [1.807, 2.05) is 5.38 Å². The van der Waals surface area contributed by atoms with Gasteiger partial charge in [-0.2, -0.15) is 0 Å². The smallest absolute Gasteiger partial charge is 0.241 e. The van der Waals surface area contributed by atoms with Crippen LogP contribution in [0.2, 0.25) is 0 Å². The van der Waals surface area contributed by atoms with Crippen LogP contribution in [0.4, 0.5) is 10.3 Å². The van der Waals surface area contributed by atoms with Crippen LogP contribution in [-0.2, 0) is 16.0 Å². The van der Waals surface area contributed by atoms with Crippen LogP contribution >= 0.6 is 22.7 Å². The molecule has 2 aromatic heterocycles. The molecular weight excluding hydrogens is 346 g/mol. The molecule has 0 aromatic carbocycles. The largest absolute Gasteiger partial charge is 0.352 e. The van der Waals surface area contributed by atoms with Crippen molar-refractivity contribution < 1.29 is 9.59 Å². The van der Waals surface area contributed by atoms with Gasteiger partial charge in [-0.1, -0.05) is 13.8 Å². The molecule has 2 rings (SSSR count). The molecule has 2 aromatic rings. The van der Waals surface area contributed by atoms with Crippen molar-refractivity contribution in [1.82, 2.24) is 14.9 Å². The van der Waals surface area contributed by atoms with E-state index >= 15 is 0 Å². The third kappa shape index (κ3) is 5.27. The number of nitrogens with one attached hydrogen (secondary N) is 2. The number of hydrogen-bond acceptors (Lipinski definition) is 7. The van der Waals surface area contributed by atoms with Crippen LogP contribution in [0.5, 0.6) is 0 Å². The Kier molecular flexibility index (Phi) is 6.27. The molecule has 0 saturated heterocycles. The molecule has 0 aliphatic heterocycles. The maximum atomic E-state index is 12.1. The van der Waals surface area contributed by atoms with Gasteiger partial charge in [-0.05, 0) is 5.92 Å². The van der Waals surface area contributed by atoms with Crippen LogP contribution < -0.4 is 10.6 Å². The molecule has 0 saturated carbocycles. The molecule has 24 heavy (non-hydrogen) atoms. The van der Waals surface area contributed by atoms with E-state index in [2.05, 4.69) is 34.4 Å². The second-order valence-electron chi connectivity index (χ2n) is 5.73. The van der Waals surface area contributed by atoms with E-state index in [9.17, 15) is 9.59 Å². The molecule has 0 aliphatic rings. The Labute approximate surface area is 149 Å². The quantitative estimate of drug-likeness (QED) is 0.785. The van der Waals surface area contributed by atoms with Gasteiger partial charge in [0.2, 0.25) is 11.8 Å². The predicted molar refractivity (Wildman–Crippen MR) is 97.8 cm³/mol. The Morgan fingerprint density at radius 2 is 2.04 bits per heavy atom. The normalized spacial score (nSPS) is 10.7. The minimum atomic E-state index is -0.152. The Bertz CT molecular complexity index is 708. The lowest BCUT2D eigenvalue weighted by molar-refractivity contribution is -0.126. The summed E-state index contributed by atoms with van der Waals surface area (Å²) in [5.41, 5.74) is 0.665. The first-order chi connectivity index (χ1) is 11.3. The highest BCUT2D eigenvalue weighted by Crippen LogP contribution is 2.25. The van der Waals surface area contributed by atoms with E-state index in [1.165, 1.54) is 27.6 Å². The number of aromatic nitrogens is 2. The second kappa shape index (κ2) is 8.20. The summed E-state index contributed by atoms with van der Waals surface area (Å²) in [6, 6.07) is 0. The summed E-state index contributed by atoms with van der Waals surface area (Å²) in [5, 5.41) is 8.79. The highest BCUT2D eigenvalue weighted by molar-refractivity contribution is 7.15. The second-order valence-corrected chi connectivity index (χ2v) is 7.65. The standard InChI is InChI=1S/C15H21N5O2S2/c1-9(2)11-6-16-15(24-11)19-12(21)5-10-8-23-14(18-10)17-7-13(22)20(3)4/h6,8-9H,5,7H2,1-4H3,(H,17,18)(H,16,19,21). The molecular formula is C15H21N5O2S2. The molecule has 2 N–H and O–H groups in total. The van der Waals surface area contributed by atoms with Gasteiger partial charge in [0.05, 0.1) is 18.7 Å². The Hall–Kier alpha value is -2.00. The van der Waals surface area contributed by atoms with E-state index < -0.39 is 0 Å². The first-order valence-electron chi connectivity index (χ1n) is 7.49. The van der Waals surface area contributed by atoms with Gasteiger partial charge in [-0.15, -0.1) is 22.7 Å².